The highest BCUT2D eigenvalue weighted by Crippen LogP contribution is 2.49. The van der Waals surface area contributed by atoms with Crippen LogP contribution in [-0.4, -0.2) is 43.2 Å². The second-order valence-corrected chi connectivity index (χ2v) is 14.3. The van der Waals surface area contributed by atoms with Crippen molar-refractivity contribution >= 4 is 23.8 Å². The number of nitrogens with one attached hydrogen (secondary N) is 1. The second-order valence-electron chi connectivity index (χ2n) is 13.1. The van der Waals surface area contributed by atoms with Crippen molar-refractivity contribution in [3.05, 3.63) is 162 Å². The van der Waals surface area contributed by atoms with Crippen molar-refractivity contribution < 1.29 is 23.8 Å². The molecular weight excluding hydrogens is 643 g/mol. The molecule has 6 nitrogen and oxygen atoms in total. The minimum Gasteiger partial charge on any atom is -0.497 e. The number of hydrogen-bond donors (Lipinski definition) is 1. The Morgan fingerprint density at radius 2 is 1.42 bits per heavy atom. The third-order valence-corrected chi connectivity index (χ3v) is 10.2. The Morgan fingerprint density at radius 3 is 2.00 bits per heavy atom. The van der Waals surface area contributed by atoms with Gasteiger partial charge in [-0.25, -0.2) is 9.59 Å². The van der Waals surface area contributed by atoms with Crippen LogP contribution in [0.2, 0.25) is 0 Å². The van der Waals surface area contributed by atoms with Gasteiger partial charge in [0.05, 0.1) is 11.9 Å². The van der Waals surface area contributed by atoms with Gasteiger partial charge in [0.15, 0.2) is 0 Å². The topological polar surface area (TPSA) is 73.9 Å². The van der Waals surface area contributed by atoms with Crippen molar-refractivity contribution in [2.45, 2.75) is 50.0 Å². The summed E-state index contributed by atoms with van der Waals surface area (Å²) in [5.41, 5.74) is 6.42. The van der Waals surface area contributed by atoms with Crippen molar-refractivity contribution in [3.8, 4) is 16.9 Å². The Balaban J connectivity index is 1.45. The van der Waals surface area contributed by atoms with E-state index in [2.05, 4.69) is 36.2 Å². The summed E-state index contributed by atoms with van der Waals surface area (Å²) in [5, 5.41) is 2.86. The zero-order chi connectivity index (χ0) is 35.7. The lowest BCUT2D eigenvalue weighted by atomic mass is 9.84. The number of carbonyl (C=O) groups is 2. The van der Waals surface area contributed by atoms with Gasteiger partial charge in [0.2, 0.25) is 0 Å². The fraction of sp³-hybridized carbons (Fsp3) is 0.256. The molecule has 0 bridgehead atoms. The third-order valence-electron chi connectivity index (χ3n) is 8.52. The summed E-state index contributed by atoms with van der Waals surface area (Å²) < 4.78 is 16.3. The molecule has 5 rings (SSSR count). The van der Waals surface area contributed by atoms with E-state index in [0.717, 1.165) is 44.7 Å². The lowest BCUT2D eigenvalue weighted by molar-refractivity contribution is -0.156. The summed E-state index contributed by atoms with van der Waals surface area (Å²) in [6.45, 7) is 12.0. The lowest BCUT2D eigenvalue weighted by Gasteiger charge is -2.37. The van der Waals surface area contributed by atoms with Gasteiger partial charge < -0.3 is 19.5 Å². The van der Waals surface area contributed by atoms with Gasteiger partial charge in [0.1, 0.15) is 24.0 Å². The molecule has 4 aromatic carbocycles. The van der Waals surface area contributed by atoms with Gasteiger partial charge in [0.25, 0.3) is 0 Å². The first-order valence-electron chi connectivity index (χ1n) is 16.7. The van der Waals surface area contributed by atoms with Crippen LogP contribution >= 0.6 is 11.8 Å². The first kappa shape index (κ1) is 36.3. The normalized spacial score (nSPS) is 14.4. The van der Waals surface area contributed by atoms with E-state index in [9.17, 15) is 9.59 Å². The van der Waals surface area contributed by atoms with Gasteiger partial charge in [-0.3, -0.25) is 0 Å². The summed E-state index contributed by atoms with van der Waals surface area (Å²) >= 11 is 1.50. The zero-order valence-corrected chi connectivity index (χ0v) is 30.2. The van der Waals surface area contributed by atoms with Crippen molar-refractivity contribution in [1.82, 2.24) is 5.32 Å². The fourth-order valence-corrected chi connectivity index (χ4v) is 7.72. The number of ether oxygens (including phenoxy) is 3. The predicted molar refractivity (Wildman–Crippen MR) is 204 cm³/mol. The van der Waals surface area contributed by atoms with Crippen molar-refractivity contribution in [3.63, 3.8) is 0 Å². The van der Waals surface area contributed by atoms with Gasteiger partial charge in [-0.15, -0.1) is 11.8 Å². The Bertz CT molecular complexity index is 1810. The maximum atomic E-state index is 13.8. The summed E-state index contributed by atoms with van der Waals surface area (Å²) in [5.74, 6) is 0.219. The number of benzene rings is 4. The van der Waals surface area contributed by atoms with Crippen LogP contribution in [-0.2, 0) is 19.0 Å². The van der Waals surface area contributed by atoms with Crippen LogP contribution in [0.25, 0.3) is 11.1 Å². The molecule has 0 fully saturated rings. The van der Waals surface area contributed by atoms with Crippen LogP contribution < -0.4 is 10.1 Å². The molecule has 7 heteroatoms. The summed E-state index contributed by atoms with van der Waals surface area (Å²) in [7, 11) is 1.63. The first-order chi connectivity index (χ1) is 24.1. The molecule has 0 spiro atoms. The number of hydrogen-bond acceptors (Lipinski definition) is 6. The Labute approximate surface area is 300 Å². The maximum absolute atomic E-state index is 13.8. The molecule has 1 aliphatic carbocycles. The SMILES string of the molecule is C=C(/C=C\C=C/C)C(SC[C@H](NC(=O)OCC1c2ccccc2-c2ccccc21)C(=O)OC(C)(C)C)(c1ccccc1)c1ccc(OC)cc1. The number of methoxy groups -OCH3 is 1. The minimum atomic E-state index is -1.02. The van der Waals surface area contributed by atoms with E-state index in [4.69, 9.17) is 14.2 Å². The first-order valence-corrected chi connectivity index (χ1v) is 17.7. The smallest absolute Gasteiger partial charge is 0.407 e. The van der Waals surface area contributed by atoms with E-state index in [0.29, 0.717) is 0 Å². The molecule has 1 N–H and O–H groups in total. The molecule has 0 radical (unpaired) electrons. The number of rotatable bonds is 13. The van der Waals surface area contributed by atoms with Crippen LogP contribution in [0.3, 0.4) is 0 Å². The number of fused-ring (bicyclic) bond motifs is 3. The van der Waals surface area contributed by atoms with Gasteiger partial charge in [-0.2, -0.15) is 0 Å². The van der Waals surface area contributed by atoms with Crippen LogP contribution in [0.1, 0.15) is 55.9 Å². The van der Waals surface area contributed by atoms with E-state index < -0.39 is 28.5 Å². The highest BCUT2D eigenvalue weighted by Gasteiger charge is 2.40. The van der Waals surface area contributed by atoms with Crippen LogP contribution in [0, 0.1) is 0 Å². The molecule has 1 unspecified atom stereocenters. The molecular formula is C43H45NO5S. The van der Waals surface area contributed by atoms with Crippen LogP contribution in [0.4, 0.5) is 4.79 Å². The molecule has 0 saturated carbocycles. The average molecular weight is 688 g/mol. The summed E-state index contributed by atoms with van der Waals surface area (Å²) in [4.78, 5) is 27.3. The number of allylic oxidation sites excluding steroid dienone is 4. The Hall–Kier alpha value is -5.01. The van der Waals surface area contributed by atoms with Gasteiger partial charge in [0, 0.05) is 11.7 Å². The van der Waals surface area contributed by atoms with E-state index in [1.165, 1.54) is 11.8 Å². The minimum absolute atomic E-state index is 0.115. The molecule has 0 heterocycles. The second kappa shape index (κ2) is 16.1. The van der Waals surface area contributed by atoms with Crippen molar-refractivity contribution in [1.29, 1.82) is 0 Å². The van der Waals surface area contributed by atoms with Crippen LogP contribution in [0.5, 0.6) is 5.75 Å². The lowest BCUT2D eigenvalue weighted by Crippen LogP contribution is -2.47. The van der Waals surface area contributed by atoms with Crippen molar-refractivity contribution in [2.24, 2.45) is 0 Å². The molecule has 1 aliphatic rings. The standard InChI is InChI=1S/C43H45NO5S/c1-7-8-10-17-30(2)43(31-18-11-9-12-19-31,32-24-26-33(47-6)27-25-32)50-29-39(40(45)49-42(3,4)5)44-41(46)48-28-38-36-22-15-13-20-34(36)35-21-14-16-23-37(35)38/h7-27,38-39H,2,28-29H2,1,3-6H3,(H,44,46)/b8-7-,17-10-/t39-,43?/m0/s1. The number of alkyl carbamates (subject to hydrolysis) is 1. The van der Waals surface area contributed by atoms with Gasteiger partial charge >= 0.3 is 12.1 Å². The molecule has 2 atom stereocenters. The number of thioether (sulfide) groups is 1. The molecule has 0 aliphatic heterocycles. The summed E-state index contributed by atoms with van der Waals surface area (Å²) in [6.07, 6.45) is 7.13. The molecule has 50 heavy (non-hydrogen) atoms. The van der Waals surface area contributed by atoms with E-state index in [-0.39, 0.29) is 18.3 Å². The summed E-state index contributed by atoms with van der Waals surface area (Å²) in [6, 6.07) is 33.2. The molecule has 258 valence electrons. The molecule has 1 amide bonds. The average Bonchev–Trinajstić information content (AvgIpc) is 3.44. The number of amides is 1. The Kier molecular flexibility index (Phi) is 11.7. The monoisotopic (exact) mass is 687 g/mol. The third kappa shape index (κ3) is 8.23. The largest absolute Gasteiger partial charge is 0.497 e. The van der Waals surface area contributed by atoms with E-state index in [1.807, 2.05) is 131 Å². The fourth-order valence-electron chi connectivity index (χ4n) is 6.23. The van der Waals surface area contributed by atoms with Gasteiger partial charge in [-0.1, -0.05) is 122 Å². The number of carbonyl (C=O) groups excluding carboxylic acids is 2. The Morgan fingerprint density at radius 1 is 0.840 bits per heavy atom. The highest BCUT2D eigenvalue weighted by molar-refractivity contribution is 8.00. The quantitative estimate of drug-likeness (QED) is 0.112. The van der Waals surface area contributed by atoms with Crippen molar-refractivity contribution in [2.75, 3.05) is 19.5 Å². The molecule has 0 aromatic heterocycles. The van der Waals surface area contributed by atoms with E-state index >= 15 is 0 Å². The van der Waals surface area contributed by atoms with E-state index in [1.54, 1.807) is 7.11 Å². The maximum Gasteiger partial charge on any atom is 0.407 e. The van der Waals surface area contributed by atoms with Crippen LogP contribution in [0.15, 0.2) is 140 Å². The molecule has 4 aromatic rings. The zero-order valence-electron chi connectivity index (χ0n) is 29.3. The predicted octanol–water partition coefficient (Wildman–Crippen LogP) is 9.61. The van der Waals surface area contributed by atoms with Gasteiger partial charge in [-0.05, 0) is 78.8 Å². The highest BCUT2D eigenvalue weighted by atomic mass is 32.2. The molecule has 0 saturated heterocycles. The number of esters is 1.